The summed E-state index contributed by atoms with van der Waals surface area (Å²) in [4.78, 5) is 27.3. The van der Waals surface area contributed by atoms with Crippen molar-refractivity contribution in [2.24, 2.45) is 0 Å². The van der Waals surface area contributed by atoms with E-state index in [1.807, 2.05) is 30.3 Å². The third-order valence-electron chi connectivity index (χ3n) is 4.92. The van der Waals surface area contributed by atoms with Crippen molar-refractivity contribution in [3.8, 4) is 5.75 Å². The highest BCUT2D eigenvalue weighted by Gasteiger charge is 2.32. The van der Waals surface area contributed by atoms with Crippen LogP contribution in [0.5, 0.6) is 5.75 Å². The Morgan fingerprint density at radius 3 is 2.34 bits per heavy atom. The molecule has 0 aromatic heterocycles. The number of halogens is 1. The van der Waals surface area contributed by atoms with Crippen LogP contribution in [0.3, 0.4) is 0 Å². The van der Waals surface area contributed by atoms with Crippen LogP contribution in [-0.4, -0.2) is 58.1 Å². The van der Waals surface area contributed by atoms with Gasteiger partial charge < -0.3 is 15.0 Å². The summed E-state index contributed by atoms with van der Waals surface area (Å²) in [5.74, 6) is -0.611. The van der Waals surface area contributed by atoms with Crippen molar-refractivity contribution in [1.29, 1.82) is 0 Å². The summed E-state index contributed by atoms with van der Waals surface area (Å²) < 4.78 is 31.5. The maximum Gasteiger partial charge on any atom is 0.244 e. The number of nitrogens with zero attached hydrogens (tertiary/aromatic N) is 2. The minimum Gasteiger partial charge on any atom is -0.495 e. The third-order valence-corrected chi connectivity index (χ3v) is 6.28. The molecule has 0 heterocycles. The van der Waals surface area contributed by atoms with Crippen LogP contribution in [0.2, 0.25) is 5.02 Å². The van der Waals surface area contributed by atoms with Crippen LogP contribution in [0.25, 0.3) is 0 Å². The molecule has 32 heavy (non-hydrogen) atoms. The molecule has 8 nitrogen and oxygen atoms in total. The van der Waals surface area contributed by atoms with Gasteiger partial charge in [0.2, 0.25) is 21.8 Å². The van der Waals surface area contributed by atoms with E-state index in [9.17, 15) is 18.0 Å². The molecular formula is C22H28ClN3O5S. The molecule has 0 radical (unpaired) electrons. The first-order chi connectivity index (χ1) is 15.1. The summed E-state index contributed by atoms with van der Waals surface area (Å²) in [6, 6.07) is 12.9. The summed E-state index contributed by atoms with van der Waals surface area (Å²) >= 11 is 6.08. The van der Waals surface area contributed by atoms with Gasteiger partial charge in [0.15, 0.2) is 0 Å². The van der Waals surface area contributed by atoms with E-state index in [0.29, 0.717) is 11.4 Å². The lowest BCUT2D eigenvalue weighted by molar-refractivity contribution is -0.140. The summed E-state index contributed by atoms with van der Waals surface area (Å²) in [6.45, 7) is 1.42. The number of methoxy groups -OCH3 is 1. The second-order valence-corrected chi connectivity index (χ2v) is 9.47. The molecule has 1 unspecified atom stereocenters. The molecule has 174 valence electrons. The van der Waals surface area contributed by atoms with E-state index in [-0.39, 0.29) is 23.9 Å². The Labute approximate surface area is 194 Å². The molecule has 2 aromatic rings. The van der Waals surface area contributed by atoms with Crippen LogP contribution in [0.1, 0.15) is 18.9 Å². The summed E-state index contributed by atoms with van der Waals surface area (Å²) in [5, 5.41) is 2.87. The number of hydrogen-bond donors (Lipinski definition) is 1. The van der Waals surface area contributed by atoms with Gasteiger partial charge in [0.05, 0.1) is 19.1 Å². The predicted molar refractivity (Wildman–Crippen MR) is 125 cm³/mol. The summed E-state index contributed by atoms with van der Waals surface area (Å²) in [6.07, 6.45) is 1.36. The van der Waals surface area contributed by atoms with Crippen molar-refractivity contribution in [2.75, 3.05) is 31.3 Å². The van der Waals surface area contributed by atoms with Crippen LogP contribution in [-0.2, 0) is 26.2 Å². The SMILES string of the molecule is CCC(C(=O)NC)N(Cc1ccccc1)C(=O)CN(c1cc(Cl)ccc1OC)S(C)(=O)=O. The molecule has 0 fully saturated rings. The van der Waals surface area contributed by atoms with E-state index >= 15 is 0 Å². The number of likely N-dealkylation sites (N-methyl/N-ethyl adjacent to an activating group) is 1. The highest BCUT2D eigenvalue weighted by Crippen LogP contribution is 2.33. The normalized spacial score (nSPS) is 12.0. The average molecular weight is 482 g/mol. The van der Waals surface area contributed by atoms with Crippen molar-refractivity contribution in [1.82, 2.24) is 10.2 Å². The quantitative estimate of drug-likeness (QED) is 0.562. The van der Waals surface area contributed by atoms with Gasteiger partial charge in [-0.3, -0.25) is 13.9 Å². The zero-order valence-electron chi connectivity index (χ0n) is 18.5. The second kappa shape index (κ2) is 11.2. The molecule has 0 aliphatic rings. The van der Waals surface area contributed by atoms with Crippen LogP contribution < -0.4 is 14.4 Å². The zero-order valence-corrected chi connectivity index (χ0v) is 20.1. The van der Waals surface area contributed by atoms with E-state index < -0.39 is 28.5 Å². The van der Waals surface area contributed by atoms with E-state index in [2.05, 4.69) is 5.32 Å². The van der Waals surface area contributed by atoms with Crippen LogP contribution in [0.15, 0.2) is 48.5 Å². The predicted octanol–water partition coefficient (Wildman–Crippen LogP) is 2.67. The molecule has 1 N–H and O–H groups in total. The number of rotatable bonds is 10. The second-order valence-electron chi connectivity index (χ2n) is 7.13. The molecule has 0 aliphatic carbocycles. The number of hydrogen-bond acceptors (Lipinski definition) is 5. The molecule has 1 atom stereocenters. The number of amides is 2. The molecule has 10 heteroatoms. The van der Waals surface area contributed by atoms with Gasteiger partial charge in [0.25, 0.3) is 0 Å². The molecule has 2 rings (SSSR count). The molecule has 2 aromatic carbocycles. The maximum absolute atomic E-state index is 13.4. The van der Waals surface area contributed by atoms with Crippen molar-refractivity contribution in [3.05, 3.63) is 59.1 Å². The van der Waals surface area contributed by atoms with Crippen molar-refractivity contribution < 1.29 is 22.7 Å². The Kier molecular flexibility index (Phi) is 8.91. The lowest BCUT2D eigenvalue weighted by Gasteiger charge is -2.32. The first-order valence-electron chi connectivity index (χ1n) is 9.98. The van der Waals surface area contributed by atoms with Crippen LogP contribution in [0.4, 0.5) is 5.69 Å². The molecular weight excluding hydrogens is 454 g/mol. The zero-order chi connectivity index (χ0) is 23.9. The lowest BCUT2D eigenvalue weighted by atomic mass is 10.1. The van der Waals surface area contributed by atoms with E-state index in [1.165, 1.54) is 31.2 Å². The van der Waals surface area contributed by atoms with E-state index in [4.69, 9.17) is 16.3 Å². The van der Waals surface area contributed by atoms with Gasteiger partial charge >= 0.3 is 0 Å². The Bertz CT molecular complexity index is 1050. The van der Waals surface area contributed by atoms with Gasteiger partial charge in [0, 0.05) is 18.6 Å². The Balaban J connectivity index is 2.48. The topological polar surface area (TPSA) is 96.0 Å². The highest BCUT2D eigenvalue weighted by atomic mass is 35.5. The minimum absolute atomic E-state index is 0.142. The maximum atomic E-state index is 13.4. The summed E-state index contributed by atoms with van der Waals surface area (Å²) in [7, 11) is -0.986. The number of benzene rings is 2. The number of sulfonamides is 1. The Morgan fingerprint density at radius 2 is 1.81 bits per heavy atom. The fraction of sp³-hybridized carbons (Fsp3) is 0.364. The standard InChI is InChI=1S/C22H28ClN3O5S/c1-5-18(22(28)24-2)25(14-16-9-7-6-8-10-16)21(27)15-26(32(4,29)30)19-13-17(23)11-12-20(19)31-3/h6-13,18H,5,14-15H2,1-4H3,(H,24,28). The monoisotopic (exact) mass is 481 g/mol. The average Bonchev–Trinajstić information content (AvgIpc) is 2.76. The molecule has 0 bridgehead atoms. The molecule has 0 saturated carbocycles. The Morgan fingerprint density at radius 1 is 1.16 bits per heavy atom. The van der Waals surface area contributed by atoms with Crippen LogP contribution in [0, 0.1) is 0 Å². The van der Waals surface area contributed by atoms with E-state index in [1.54, 1.807) is 13.0 Å². The molecule has 0 spiro atoms. The number of carbonyl (C=O) groups excluding carboxylic acids is 2. The largest absolute Gasteiger partial charge is 0.495 e. The van der Waals surface area contributed by atoms with Crippen LogP contribution >= 0.6 is 11.6 Å². The minimum atomic E-state index is -3.88. The number of nitrogens with one attached hydrogen (secondary N) is 1. The Hall–Kier alpha value is -2.78. The fourth-order valence-electron chi connectivity index (χ4n) is 3.32. The third kappa shape index (κ3) is 6.37. The van der Waals surface area contributed by atoms with Crippen molar-refractivity contribution in [3.63, 3.8) is 0 Å². The van der Waals surface area contributed by atoms with Gasteiger partial charge in [-0.1, -0.05) is 48.9 Å². The first-order valence-corrected chi connectivity index (χ1v) is 12.2. The van der Waals surface area contributed by atoms with Crippen molar-refractivity contribution in [2.45, 2.75) is 25.9 Å². The fourth-order valence-corrected chi connectivity index (χ4v) is 4.33. The van der Waals surface area contributed by atoms with Gasteiger partial charge in [-0.2, -0.15) is 0 Å². The van der Waals surface area contributed by atoms with Gasteiger partial charge in [-0.15, -0.1) is 0 Å². The summed E-state index contributed by atoms with van der Waals surface area (Å²) in [5.41, 5.74) is 0.956. The first kappa shape index (κ1) is 25.5. The smallest absolute Gasteiger partial charge is 0.244 e. The van der Waals surface area contributed by atoms with Crippen molar-refractivity contribution >= 4 is 39.1 Å². The molecule has 0 saturated heterocycles. The van der Waals surface area contributed by atoms with E-state index in [0.717, 1.165) is 16.1 Å². The molecule has 2 amide bonds. The van der Waals surface area contributed by atoms with Gasteiger partial charge in [-0.25, -0.2) is 8.42 Å². The highest BCUT2D eigenvalue weighted by molar-refractivity contribution is 7.92. The van der Waals surface area contributed by atoms with Gasteiger partial charge in [-0.05, 0) is 30.2 Å². The van der Waals surface area contributed by atoms with Gasteiger partial charge in [0.1, 0.15) is 18.3 Å². The lowest BCUT2D eigenvalue weighted by Crippen LogP contribution is -2.51. The number of ether oxygens (including phenoxy) is 1. The number of carbonyl (C=O) groups is 2. The molecule has 0 aliphatic heterocycles. The number of anilines is 1.